The van der Waals surface area contributed by atoms with Crippen LogP contribution in [0.25, 0.3) is 34.4 Å². The molecule has 0 fully saturated rings. The number of allylic oxidation sites excluding steroid dienone is 2. The second-order valence-electron chi connectivity index (χ2n) is 18.4. The molecule has 317 valence electrons. The third kappa shape index (κ3) is 8.73. The summed E-state index contributed by atoms with van der Waals surface area (Å²) in [5.74, 6) is 0.975. The molecule has 2 aliphatic carbocycles. The molecule has 2 amide bonds. The van der Waals surface area contributed by atoms with E-state index >= 15 is 0 Å². The fraction of sp³-hybridized carbons (Fsp3) is 0.423. The Bertz CT molecular complexity index is 2140. The van der Waals surface area contributed by atoms with Gasteiger partial charge < -0.3 is 0 Å². The third-order valence-corrected chi connectivity index (χ3v) is 41.8. The molecule has 2 aliphatic rings. The molecule has 0 radical (unpaired) electrons. The minimum atomic E-state index is -6.27. The Labute approximate surface area is 369 Å². The van der Waals surface area contributed by atoms with Crippen molar-refractivity contribution in [2.24, 2.45) is 11.8 Å². The normalized spacial score (nSPS) is 17.6. The first-order valence-electron chi connectivity index (χ1n) is 22.6. The number of hydrogen-bond acceptors (Lipinski definition) is 2. The van der Waals surface area contributed by atoms with Crippen molar-refractivity contribution in [1.82, 2.24) is 10.5 Å². The molecule has 0 aliphatic heterocycles. The third-order valence-electron chi connectivity index (χ3n) is 13.3. The molecule has 6 rings (SSSR count). The molecule has 4 nitrogen and oxygen atoms in total. The molecule has 0 aromatic heterocycles. The molecule has 0 spiro atoms. The first-order chi connectivity index (χ1) is 28.6. The van der Waals surface area contributed by atoms with Crippen LogP contribution < -0.4 is 10.5 Å². The zero-order valence-electron chi connectivity index (χ0n) is 37.6. The van der Waals surface area contributed by atoms with Crippen molar-refractivity contribution in [3.8, 4) is 22.3 Å². The van der Waals surface area contributed by atoms with Gasteiger partial charge in [0.1, 0.15) is 0 Å². The molecular weight excluding hydrogens is 945 g/mol. The number of amides is 2. The Morgan fingerprint density at radius 1 is 0.567 bits per heavy atom. The number of benzene rings is 4. The number of rotatable bonds is 17. The monoisotopic (exact) mass is 1010 g/mol. The van der Waals surface area contributed by atoms with E-state index in [-0.39, 0.29) is 24.7 Å². The van der Waals surface area contributed by atoms with E-state index in [4.69, 9.17) is 17.2 Å². The van der Waals surface area contributed by atoms with Crippen LogP contribution in [-0.4, -0.2) is 16.4 Å². The second-order valence-corrected chi connectivity index (χ2v) is 48.8. The molecule has 8 heteroatoms. The SMILES string of the molecule is CCC(=O)N[B](NC(=O)CC)[Hf]([Cl])([Cl])([CH]1C(CC(C)C)=Cc2c(-c3ccccc3C(C)CC)cccc21)[CH]1C(CC(C)C)=Cc2c(-c3ccccc3C(C)CC)cccc21. The van der Waals surface area contributed by atoms with Crippen LogP contribution in [-0.2, 0) is 25.5 Å². The molecule has 2 N–H and O–H groups in total. The summed E-state index contributed by atoms with van der Waals surface area (Å²) < 4.78 is -1.75. The number of carbonyl (C=O) groups is 2. The van der Waals surface area contributed by atoms with E-state index < -0.39 is 27.8 Å². The van der Waals surface area contributed by atoms with Gasteiger partial charge in [-0.3, -0.25) is 0 Å². The molecular formula is C52H66BCl2HfN2O2. The average molecular weight is 1010 g/mol. The van der Waals surface area contributed by atoms with Gasteiger partial charge in [0.15, 0.2) is 0 Å². The van der Waals surface area contributed by atoms with Crippen molar-refractivity contribution >= 4 is 45.7 Å². The number of fused-ring (bicyclic) bond motifs is 2. The molecule has 0 saturated heterocycles. The Balaban J connectivity index is 1.73. The van der Waals surface area contributed by atoms with Crippen molar-refractivity contribution < 1.29 is 25.5 Å². The second kappa shape index (κ2) is 19.1. The van der Waals surface area contributed by atoms with Crippen LogP contribution in [0.15, 0.2) is 96.1 Å². The summed E-state index contributed by atoms with van der Waals surface area (Å²) in [6.07, 6.45) is 8.83. The van der Waals surface area contributed by atoms with Crippen LogP contribution in [0, 0.1) is 11.8 Å². The van der Waals surface area contributed by atoms with E-state index in [2.05, 4.69) is 163 Å². The van der Waals surface area contributed by atoms with E-state index in [1.165, 1.54) is 44.5 Å². The molecule has 4 unspecified atom stereocenters. The number of hydrogen-bond donors (Lipinski definition) is 2. The fourth-order valence-electron chi connectivity index (χ4n) is 10.1. The van der Waals surface area contributed by atoms with Crippen molar-refractivity contribution in [2.75, 3.05) is 0 Å². The van der Waals surface area contributed by atoms with Gasteiger partial charge >= 0.3 is 372 Å². The summed E-state index contributed by atoms with van der Waals surface area (Å²) >= 11 is -6.27. The number of carbonyl (C=O) groups excluding carboxylic acids is 2. The summed E-state index contributed by atoms with van der Waals surface area (Å²) in [5.41, 5.74) is 14.3. The quantitative estimate of drug-likeness (QED) is 0.104. The van der Waals surface area contributed by atoms with Gasteiger partial charge in [-0.05, 0) is 0 Å². The molecule has 4 aromatic carbocycles. The fourth-order valence-corrected chi connectivity index (χ4v) is 39.7. The van der Waals surface area contributed by atoms with Gasteiger partial charge in [0.2, 0.25) is 0 Å². The van der Waals surface area contributed by atoms with Crippen LogP contribution in [0.5, 0.6) is 0 Å². The zero-order chi connectivity index (χ0) is 43.5. The maximum absolute atomic E-state index is 13.9. The molecule has 4 aromatic rings. The van der Waals surface area contributed by atoms with Gasteiger partial charge in [0.25, 0.3) is 0 Å². The summed E-state index contributed by atoms with van der Waals surface area (Å²) in [5, 5.41) is 6.68. The average Bonchev–Trinajstić information content (AvgIpc) is 3.81. The van der Waals surface area contributed by atoms with Gasteiger partial charge in [0.05, 0.1) is 0 Å². The topological polar surface area (TPSA) is 58.2 Å². The van der Waals surface area contributed by atoms with Gasteiger partial charge in [-0.15, -0.1) is 0 Å². The summed E-state index contributed by atoms with van der Waals surface area (Å²) in [4.78, 5) is 27.8. The van der Waals surface area contributed by atoms with Crippen LogP contribution in [0.2, 0.25) is 0 Å². The number of halogens is 2. The van der Waals surface area contributed by atoms with Crippen LogP contribution in [0.3, 0.4) is 0 Å². The van der Waals surface area contributed by atoms with Gasteiger partial charge in [-0.1, -0.05) is 0 Å². The van der Waals surface area contributed by atoms with Gasteiger partial charge in [0, 0.05) is 0 Å². The molecule has 0 heterocycles. The first kappa shape index (κ1) is 46.3. The molecule has 0 bridgehead atoms. The van der Waals surface area contributed by atoms with Crippen molar-refractivity contribution in [2.45, 2.75) is 127 Å². The first-order valence-corrected chi connectivity index (χ1v) is 37.7. The van der Waals surface area contributed by atoms with Crippen LogP contribution in [0.1, 0.15) is 160 Å². The summed E-state index contributed by atoms with van der Waals surface area (Å²) in [6, 6.07) is 30.8. The van der Waals surface area contributed by atoms with E-state index in [1.54, 1.807) is 0 Å². The summed E-state index contributed by atoms with van der Waals surface area (Å²) in [6.45, 7) is 21.8. The summed E-state index contributed by atoms with van der Waals surface area (Å²) in [7, 11) is 18.1. The van der Waals surface area contributed by atoms with Crippen molar-refractivity contribution in [3.63, 3.8) is 0 Å². The van der Waals surface area contributed by atoms with E-state index in [1.807, 2.05) is 13.8 Å². The van der Waals surface area contributed by atoms with E-state index in [0.717, 1.165) is 47.9 Å². The Kier molecular flexibility index (Phi) is 14.7. The van der Waals surface area contributed by atoms with Crippen LogP contribution in [0.4, 0.5) is 0 Å². The number of nitrogens with one attached hydrogen (secondary N) is 2. The molecule has 4 atom stereocenters. The van der Waals surface area contributed by atoms with Crippen LogP contribution >= 0.6 is 17.2 Å². The van der Waals surface area contributed by atoms with Gasteiger partial charge in [-0.2, -0.15) is 0 Å². The van der Waals surface area contributed by atoms with E-state index in [9.17, 15) is 9.59 Å². The van der Waals surface area contributed by atoms with Gasteiger partial charge in [-0.25, -0.2) is 0 Å². The predicted octanol–water partition coefficient (Wildman–Crippen LogP) is 14.8. The molecule has 0 saturated carbocycles. The Morgan fingerprint density at radius 3 is 1.28 bits per heavy atom. The predicted molar refractivity (Wildman–Crippen MR) is 256 cm³/mol. The van der Waals surface area contributed by atoms with Crippen molar-refractivity contribution in [1.29, 1.82) is 0 Å². The maximum atomic E-state index is 13.9. The Morgan fingerprint density at radius 2 is 0.933 bits per heavy atom. The Hall–Kier alpha value is -3.18. The molecule has 60 heavy (non-hydrogen) atoms. The zero-order valence-corrected chi connectivity index (χ0v) is 42.7. The van der Waals surface area contributed by atoms with E-state index in [0.29, 0.717) is 23.7 Å². The van der Waals surface area contributed by atoms with Crippen molar-refractivity contribution in [3.05, 3.63) is 129 Å². The minimum absolute atomic E-state index is 0.187. The standard InChI is InChI=1S/2C23H27.C6H11BN2O2.2ClH.Hf/c2*1-5-17(4)20-10-6-7-11-21(20)22-12-8-9-19-14-18(13-16(2)3)15-23(19)22;1-3-5(10)8-7-9-6(11)4-2;;;/h2*6-12,14-17H,5,13H2,1-4H3;3-4H2,1-2H3,(H-,8,9,10,11);2*1H;/q;;;;;+1/p-1.